The Morgan fingerprint density at radius 3 is 2.72 bits per heavy atom. The third kappa shape index (κ3) is 5.07. The Morgan fingerprint density at radius 2 is 2.03 bits per heavy atom. The molecule has 9 heteroatoms. The lowest BCUT2D eigenvalue weighted by Crippen LogP contribution is -2.32. The second-order valence-corrected chi connectivity index (χ2v) is 7.29. The maximum absolute atomic E-state index is 12.7. The Bertz CT molecular complexity index is 875. The third-order valence-corrected chi connectivity index (χ3v) is 5.12. The molecule has 3 N–H and O–H groups in total. The number of nitrogens with zero attached hydrogens (tertiary/aromatic N) is 2. The zero-order valence-electron chi connectivity index (χ0n) is 16.3. The number of piperidine rings is 1. The van der Waals surface area contributed by atoms with Crippen LogP contribution in [0.15, 0.2) is 30.5 Å². The molecule has 2 fully saturated rings. The number of methoxy groups -OCH3 is 1. The molecule has 8 nitrogen and oxygen atoms in total. The Balaban J connectivity index is 0.00000240. The zero-order valence-corrected chi connectivity index (χ0v) is 17.1. The van der Waals surface area contributed by atoms with Gasteiger partial charge in [-0.3, -0.25) is 14.3 Å². The van der Waals surface area contributed by atoms with E-state index in [2.05, 4.69) is 21.0 Å². The molecule has 0 radical (unpaired) electrons. The number of hydrogen-bond donors (Lipinski definition) is 3. The minimum atomic E-state index is -0.340. The molecule has 29 heavy (non-hydrogen) atoms. The van der Waals surface area contributed by atoms with Crippen LogP contribution in [0.3, 0.4) is 0 Å². The predicted octanol–water partition coefficient (Wildman–Crippen LogP) is 2.38. The first-order valence-electron chi connectivity index (χ1n) is 9.70. The van der Waals surface area contributed by atoms with E-state index < -0.39 is 0 Å². The molecular formula is C20H26ClN5O3. The van der Waals surface area contributed by atoms with Gasteiger partial charge in [-0.2, -0.15) is 5.10 Å². The average molecular weight is 420 g/mol. The molecule has 1 aliphatic heterocycles. The van der Waals surface area contributed by atoms with E-state index in [1.165, 1.54) is 0 Å². The molecule has 2 aliphatic rings. The predicted molar refractivity (Wildman–Crippen MR) is 112 cm³/mol. The van der Waals surface area contributed by atoms with Crippen LogP contribution in [0.1, 0.15) is 52.6 Å². The van der Waals surface area contributed by atoms with Gasteiger partial charge in [-0.25, -0.2) is 0 Å². The monoisotopic (exact) mass is 419 g/mol. The van der Waals surface area contributed by atoms with Gasteiger partial charge in [0.2, 0.25) is 0 Å². The smallest absolute Gasteiger partial charge is 0.276 e. The first-order chi connectivity index (χ1) is 13.6. The molecule has 1 unspecified atom stereocenters. The van der Waals surface area contributed by atoms with E-state index in [1.807, 2.05) is 10.9 Å². The van der Waals surface area contributed by atoms with E-state index in [0.717, 1.165) is 38.8 Å². The summed E-state index contributed by atoms with van der Waals surface area (Å²) in [5.41, 5.74) is 1.16. The SMILES string of the molecule is COc1ccc(NC(=O)c2ccn(C3CCCNC3)n2)c(C(=O)NC2CC2)c1.Cl. The van der Waals surface area contributed by atoms with Crippen LogP contribution in [-0.2, 0) is 0 Å². The highest BCUT2D eigenvalue weighted by Gasteiger charge is 2.26. The molecule has 1 aromatic carbocycles. The van der Waals surface area contributed by atoms with Crippen LogP contribution < -0.4 is 20.7 Å². The number of carbonyl (C=O) groups excluding carboxylic acids is 2. The van der Waals surface area contributed by atoms with E-state index in [9.17, 15) is 9.59 Å². The van der Waals surface area contributed by atoms with Gasteiger partial charge in [0, 0.05) is 18.8 Å². The standard InChI is InChI=1S/C20H25N5O3.ClH/c1-28-15-6-7-17(16(11-15)19(26)22-13-4-5-13)23-20(27)18-8-10-25(24-18)14-3-2-9-21-12-14;/h6-8,10-11,13-14,21H,2-5,9,12H2,1H3,(H,22,26)(H,23,27);1H. The van der Waals surface area contributed by atoms with Crippen LogP contribution in [0, 0.1) is 0 Å². The van der Waals surface area contributed by atoms with Gasteiger partial charge in [0.05, 0.1) is 24.4 Å². The van der Waals surface area contributed by atoms with Gasteiger partial charge in [-0.05, 0) is 56.5 Å². The Labute approximate surface area is 175 Å². The van der Waals surface area contributed by atoms with Gasteiger partial charge in [-0.15, -0.1) is 12.4 Å². The summed E-state index contributed by atoms with van der Waals surface area (Å²) in [6, 6.07) is 7.23. The van der Waals surface area contributed by atoms with Crippen LogP contribution in [0.2, 0.25) is 0 Å². The Kier molecular flexibility index (Phi) is 6.76. The molecule has 1 atom stereocenters. The minimum absolute atomic E-state index is 0. The minimum Gasteiger partial charge on any atom is -0.497 e. The molecule has 1 aromatic heterocycles. The number of amides is 2. The van der Waals surface area contributed by atoms with Crippen LogP contribution >= 0.6 is 12.4 Å². The van der Waals surface area contributed by atoms with Gasteiger partial charge in [0.25, 0.3) is 11.8 Å². The maximum Gasteiger partial charge on any atom is 0.276 e. The number of anilines is 1. The topological polar surface area (TPSA) is 97.3 Å². The van der Waals surface area contributed by atoms with Gasteiger partial charge in [-0.1, -0.05) is 0 Å². The van der Waals surface area contributed by atoms with Crippen LogP contribution in [0.25, 0.3) is 0 Å². The van der Waals surface area contributed by atoms with Gasteiger partial charge < -0.3 is 20.7 Å². The second-order valence-electron chi connectivity index (χ2n) is 7.29. The van der Waals surface area contributed by atoms with Crippen molar-refractivity contribution >= 4 is 29.9 Å². The van der Waals surface area contributed by atoms with Crippen molar-refractivity contribution < 1.29 is 14.3 Å². The van der Waals surface area contributed by atoms with E-state index in [0.29, 0.717) is 22.7 Å². The molecular weight excluding hydrogens is 394 g/mol. The molecule has 4 rings (SSSR count). The van der Waals surface area contributed by atoms with Crippen molar-refractivity contribution in [1.82, 2.24) is 20.4 Å². The number of halogens is 1. The summed E-state index contributed by atoms with van der Waals surface area (Å²) in [4.78, 5) is 25.3. The normalized spacial score (nSPS) is 18.4. The Hall–Kier alpha value is -2.58. The zero-order chi connectivity index (χ0) is 19.5. The van der Waals surface area contributed by atoms with Crippen molar-refractivity contribution in [3.05, 3.63) is 41.7 Å². The van der Waals surface area contributed by atoms with Crippen LogP contribution in [-0.4, -0.2) is 47.8 Å². The van der Waals surface area contributed by atoms with Crippen LogP contribution in [0.5, 0.6) is 5.75 Å². The van der Waals surface area contributed by atoms with Crippen LogP contribution in [0.4, 0.5) is 5.69 Å². The third-order valence-electron chi connectivity index (χ3n) is 5.12. The van der Waals surface area contributed by atoms with Crippen molar-refractivity contribution in [2.45, 2.75) is 37.8 Å². The summed E-state index contributed by atoms with van der Waals surface area (Å²) < 4.78 is 7.07. The highest BCUT2D eigenvalue weighted by molar-refractivity contribution is 6.08. The number of hydrogen-bond acceptors (Lipinski definition) is 5. The molecule has 2 aromatic rings. The van der Waals surface area contributed by atoms with Gasteiger partial charge in [0.15, 0.2) is 5.69 Å². The molecule has 0 bridgehead atoms. The summed E-state index contributed by atoms with van der Waals surface area (Å²) in [7, 11) is 1.54. The quantitative estimate of drug-likeness (QED) is 0.668. The molecule has 2 amide bonds. The number of rotatable bonds is 6. The van der Waals surface area contributed by atoms with E-state index in [1.54, 1.807) is 31.4 Å². The first-order valence-corrected chi connectivity index (χ1v) is 9.70. The fraction of sp³-hybridized carbons (Fsp3) is 0.450. The highest BCUT2D eigenvalue weighted by atomic mass is 35.5. The Morgan fingerprint density at radius 1 is 1.21 bits per heavy atom. The van der Waals surface area contributed by atoms with Crippen molar-refractivity contribution in [2.75, 3.05) is 25.5 Å². The molecule has 2 heterocycles. The molecule has 1 saturated heterocycles. The second kappa shape index (κ2) is 9.28. The number of benzene rings is 1. The average Bonchev–Trinajstić information content (AvgIpc) is 3.40. The number of ether oxygens (including phenoxy) is 1. The largest absolute Gasteiger partial charge is 0.497 e. The summed E-state index contributed by atoms with van der Waals surface area (Å²) in [5, 5.41) is 13.6. The van der Waals surface area contributed by atoms with Crippen molar-refractivity contribution in [1.29, 1.82) is 0 Å². The summed E-state index contributed by atoms with van der Waals surface area (Å²) >= 11 is 0. The van der Waals surface area contributed by atoms with E-state index in [4.69, 9.17) is 4.74 Å². The van der Waals surface area contributed by atoms with Gasteiger partial charge >= 0.3 is 0 Å². The summed E-state index contributed by atoms with van der Waals surface area (Å²) in [5.74, 6) is 0.0108. The molecule has 1 aliphatic carbocycles. The lowest BCUT2D eigenvalue weighted by Gasteiger charge is -2.22. The first kappa shape index (κ1) is 21.1. The summed E-state index contributed by atoms with van der Waals surface area (Å²) in [6.07, 6.45) is 5.95. The number of aromatic nitrogens is 2. The molecule has 0 spiro atoms. The van der Waals surface area contributed by atoms with E-state index in [-0.39, 0.29) is 36.3 Å². The fourth-order valence-corrected chi connectivity index (χ4v) is 3.35. The highest BCUT2D eigenvalue weighted by Crippen LogP contribution is 2.25. The summed E-state index contributed by atoms with van der Waals surface area (Å²) in [6.45, 7) is 1.88. The number of carbonyl (C=O) groups is 2. The lowest BCUT2D eigenvalue weighted by molar-refractivity contribution is 0.0951. The van der Waals surface area contributed by atoms with E-state index >= 15 is 0 Å². The van der Waals surface area contributed by atoms with Crippen molar-refractivity contribution in [3.63, 3.8) is 0 Å². The fourth-order valence-electron chi connectivity index (χ4n) is 3.35. The van der Waals surface area contributed by atoms with Crippen molar-refractivity contribution in [3.8, 4) is 5.75 Å². The van der Waals surface area contributed by atoms with Gasteiger partial charge in [0.1, 0.15) is 5.75 Å². The molecule has 1 saturated carbocycles. The number of nitrogens with one attached hydrogen (secondary N) is 3. The van der Waals surface area contributed by atoms with Crippen molar-refractivity contribution in [2.24, 2.45) is 0 Å². The lowest BCUT2D eigenvalue weighted by atomic mass is 10.1. The maximum atomic E-state index is 12.7. The molecule has 156 valence electrons.